The Labute approximate surface area is 508 Å². The number of benzene rings is 7. The zero-order valence-corrected chi connectivity index (χ0v) is 49.0. The maximum atomic E-state index is 15.1. The number of pyridine rings is 2. The van der Waals surface area contributed by atoms with E-state index in [-0.39, 0.29) is 32.7 Å². The summed E-state index contributed by atoms with van der Waals surface area (Å²) in [5.41, 5.74) is 7.64. The number of piperazine rings is 3. The number of nitro benzene ring substituents is 1. The van der Waals surface area contributed by atoms with Gasteiger partial charge < -0.3 is 4.72 Å². The van der Waals surface area contributed by atoms with Gasteiger partial charge >= 0.3 is 16.5 Å². The quantitative estimate of drug-likeness (QED) is 0.0138. The molecule has 0 N–H and O–H groups in total. The first-order chi connectivity index (χ1) is 40.5. The number of rotatable bonds is 12. The topological polar surface area (TPSA) is 117 Å². The maximum Gasteiger partial charge on any atom is 2.00 e. The summed E-state index contributed by atoms with van der Waals surface area (Å²) in [7, 11) is -4.26. The number of para-hydroxylation sites is 1. The number of sulfonamides is 1. The van der Waals surface area contributed by atoms with Gasteiger partial charge in [0.15, 0.2) is 25.6 Å². The third kappa shape index (κ3) is 18.3. The largest absolute Gasteiger partial charge is 2.00 e. The fourth-order valence-corrected chi connectivity index (χ4v) is 11.6. The number of halogens is 3. The molecule has 4 aliphatic rings. The molecule has 13 rings (SSSR count). The number of aromatic nitrogens is 2. The second kappa shape index (κ2) is 32.2. The molecule has 4 fully saturated rings. The minimum absolute atomic E-state index is 0. The molecule has 15 heteroatoms. The van der Waals surface area contributed by atoms with Crippen molar-refractivity contribution in [2.24, 2.45) is 5.92 Å². The molecule has 2 bridgehead atoms. The molecular weight excluding hydrogens is 1140 g/mol. The summed E-state index contributed by atoms with van der Waals surface area (Å²) < 4.78 is 58.4. The van der Waals surface area contributed by atoms with Crippen molar-refractivity contribution in [1.29, 1.82) is 0 Å². The molecule has 10 nitrogen and oxygen atoms in total. The molecule has 1 aliphatic carbocycles. The molecule has 3 saturated heterocycles. The Morgan fingerprint density at radius 2 is 1.05 bits per heavy atom. The average Bonchev–Trinajstić information content (AvgIpc) is 2.73. The van der Waals surface area contributed by atoms with Gasteiger partial charge in [-0.2, -0.15) is 0 Å². The molecule has 0 spiro atoms. The van der Waals surface area contributed by atoms with Gasteiger partial charge in [-0.1, -0.05) is 212 Å². The van der Waals surface area contributed by atoms with Gasteiger partial charge in [0.25, 0.3) is 5.69 Å². The van der Waals surface area contributed by atoms with Crippen LogP contribution in [-0.4, -0.2) is 77.8 Å². The monoisotopic (exact) mass is 1210 g/mol. The van der Waals surface area contributed by atoms with E-state index in [4.69, 9.17) is 11.6 Å². The van der Waals surface area contributed by atoms with E-state index in [9.17, 15) is 23.0 Å². The predicted molar refractivity (Wildman–Crippen MR) is 330 cm³/mol. The van der Waals surface area contributed by atoms with Gasteiger partial charge in [-0.15, -0.1) is 51.9 Å². The van der Waals surface area contributed by atoms with Crippen molar-refractivity contribution in [3.63, 3.8) is 0 Å². The summed E-state index contributed by atoms with van der Waals surface area (Å²) >= 11 is 5.85. The van der Waals surface area contributed by atoms with Crippen LogP contribution in [0, 0.1) is 22.1 Å². The van der Waals surface area contributed by atoms with Gasteiger partial charge in [-0.3, -0.25) is 24.6 Å². The van der Waals surface area contributed by atoms with Crippen molar-refractivity contribution in [2.75, 3.05) is 45.3 Å². The minimum Gasteiger partial charge on any atom is -0.572 e. The summed E-state index contributed by atoms with van der Waals surface area (Å²) in [6.45, 7) is 4.81. The SMILES string of the molecule is FC(=C(c1ccccc1)c1ccccc1)c1ccccc1.F[N+]12CC[N+](CCl)(CC1)CC2.O=[N+]([O-])c1ccccc1S(=O)(=O)[N-]c1ccccc1-c1ccccn1.[C-](=C(c1ccccc1)C1CCCCC1)c1ccccc1.[Ni+2].c1ccncc1. The first-order valence-corrected chi connectivity index (χ1v) is 29.8. The van der Waals surface area contributed by atoms with Crippen molar-refractivity contribution in [3.8, 4) is 11.3 Å². The van der Waals surface area contributed by atoms with Crippen LogP contribution < -0.4 is 0 Å². The van der Waals surface area contributed by atoms with Crippen LogP contribution in [0.2, 0.25) is 0 Å². The average molecular weight is 1210 g/mol. The molecule has 84 heavy (non-hydrogen) atoms. The molecule has 9 aromatic rings. The van der Waals surface area contributed by atoms with Crippen LogP contribution >= 0.6 is 11.6 Å². The van der Waals surface area contributed by atoms with E-state index in [1.807, 2.05) is 97.1 Å². The molecular formula is C69H67ClF2N6NiO4S+2. The Bertz CT molecular complexity index is 3500. The number of fused-ring (bicyclic) bond motifs is 3. The molecule has 0 atom stereocenters. The predicted octanol–water partition coefficient (Wildman–Crippen LogP) is 16.9. The second-order valence-corrected chi connectivity index (χ2v) is 22.1. The van der Waals surface area contributed by atoms with Crippen molar-refractivity contribution in [2.45, 2.75) is 37.0 Å². The summed E-state index contributed by atoms with van der Waals surface area (Å²) in [6.07, 6.45) is 15.5. The molecule has 7 aromatic carbocycles. The molecule has 0 radical (unpaired) electrons. The van der Waals surface area contributed by atoms with Crippen molar-refractivity contribution in [3.05, 3.63) is 304 Å². The van der Waals surface area contributed by atoms with E-state index in [1.54, 1.807) is 67.1 Å². The number of nitro groups is 1. The molecule has 5 heterocycles. The Hall–Kier alpha value is -7.97. The third-order valence-corrected chi connectivity index (χ3v) is 16.5. The summed E-state index contributed by atoms with van der Waals surface area (Å²) in [4.78, 5) is 17.9. The van der Waals surface area contributed by atoms with E-state index in [0.29, 0.717) is 54.0 Å². The van der Waals surface area contributed by atoms with E-state index in [0.717, 1.165) is 41.3 Å². The fraction of sp³-hybridized carbons (Fsp3) is 0.188. The van der Waals surface area contributed by atoms with Gasteiger partial charge in [-0.05, 0) is 70.3 Å². The van der Waals surface area contributed by atoms with Gasteiger partial charge in [0.2, 0.25) is 0 Å². The number of nitrogens with zero attached hydrogens (tertiary/aromatic N) is 6. The maximum absolute atomic E-state index is 15.1. The normalized spacial score (nSPS) is 17.0. The van der Waals surface area contributed by atoms with Crippen LogP contribution in [0.4, 0.5) is 20.2 Å². The van der Waals surface area contributed by atoms with Crippen LogP contribution in [0.5, 0.6) is 0 Å². The van der Waals surface area contributed by atoms with Gasteiger partial charge in [0.05, 0.1) is 10.6 Å². The Morgan fingerprint density at radius 1 is 0.583 bits per heavy atom. The van der Waals surface area contributed by atoms with Crippen LogP contribution in [0.1, 0.15) is 59.9 Å². The van der Waals surface area contributed by atoms with E-state index in [2.05, 4.69) is 81.4 Å². The first-order valence-electron chi connectivity index (χ1n) is 27.8. The number of hydrogen-bond acceptors (Lipinski definition) is 6. The van der Waals surface area contributed by atoms with Gasteiger partial charge in [0, 0.05) is 35.8 Å². The molecule has 432 valence electrons. The summed E-state index contributed by atoms with van der Waals surface area (Å²) in [5.74, 6) is 0.472. The molecule has 2 aromatic heterocycles. The third-order valence-electron chi connectivity index (χ3n) is 14.7. The van der Waals surface area contributed by atoms with Crippen LogP contribution in [-0.2, 0) is 26.5 Å². The number of hydrogen-bond donors (Lipinski definition) is 0. The summed E-state index contributed by atoms with van der Waals surface area (Å²) in [5, 5.41) is 11.1. The van der Waals surface area contributed by atoms with Crippen molar-refractivity contribution in [1.82, 2.24) is 9.97 Å². The van der Waals surface area contributed by atoms with Crippen LogP contribution in [0.3, 0.4) is 0 Å². The Kier molecular flexibility index (Phi) is 24.4. The Balaban J connectivity index is 0.000000158. The second-order valence-electron chi connectivity index (χ2n) is 20.3. The zero-order chi connectivity index (χ0) is 58.2. The van der Waals surface area contributed by atoms with Crippen molar-refractivity contribution < 1.29 is 47.9 Å². The summed E-state index contributed by atoms with van der Waals surface area (Å²) in [6, 6.07) is 73.2. The van der Waals surface area contributed by atoms with Crippen LogP contribution in [0.15, 0.2) is 260 Å². The minimum atomic E-state index is -4.26. The Morgan fingerprint density at radius 3 is 1.55 bits per heavy atom. The fourth-order valence-electron chi connectivity index (χ4n) is 10.1. The van der Waals surface area contributed by atoms with Gasteiger partial charge in [0.1, 0.15) is 40.4 Å². The van der Waals surface area contributed by atoms with E-state index < -0.39 is 25.5 Å². The molecule has 0 unspecified atom stereocenters. The molecule has 0 amide bonds. The number of quaternary nitrogens is 2. The van der Waals surface area contributed by atoms with Crippen LogP contribution in [0.25, 0.3) is 33.0 Å². The van der Waals surface area contributed by atoms with E-state index >= 15 is 4.39 Å². The molecule has 1 saturated carbocycles. The number of allylic oxidation sites excluding steroid dienone is 1. The smallest absolute Gasteiger partial charge is 0.572 e. The standard InChI is InChI=1S/C20H15F.C20H21.C17H12N3O4S.C7H14ClFN2.C5H5N.Ni/c21-20(18-14-8-3-9-15-18)19(16-10-4-1-5-11-16)17-12-6-2-7-13-17;1-4-10-17(11-5-1)16-20(18-12-6-2-7-13-18)19-14-8-3-9-15-19;21-20(22)16-10-3-4-11-17(16)25(23,24)19-15-9-2-1-7-13(15)14-8-5-6-12-18-14;8-7-10-1-4-11(9,5-2-10)6-3-10;1-2-4-6-5-3-1;/h1-15H;1-2,4-7,10-13,19H,3,8-9,14-15H2;1-12H;1-7H2;1-5H;/q;2*-1;+2;;+2. The first kappa shape index (κ1) is 63.6. The van der Waals surface area contributed by atoms with Crippen molar-refractivity contribution >= 4 is 50.0 Å². The molecule has 3 aliphatic heterocycles. The number of alkyl halides is 1. The van der Waals surface area contributed by atoms with E-state index in [1.165, 1.54) is 73.1 Å². The zero-order valence-electron chi connectivity index (χ0n) is 46.5. The van der Waals surface area contributed by atoms with Gasteiger partial charge in [-0.25, -0.2) is 12.8 Å².